The number of hydrogen-bond acceptors (Lipinski definition) is 4. The molecule has 1 heterocycles. The van der Waals surface area contributed by atoms with Gasteiger partial charge in [0.1, 0.15) is 0 Å². The number of ether oxygens (including phenoxy) is 1. The Bertz CT molecular complexity index is 242. The SMILES string of the molecule is COC(=O)CN1CCCCC(C(=O)O)C1. The molecule has 1 atom stereocenters. The molecule has 1 aliphatic heterocycles. The fraction of sp³-hybridized carbons (Fsp3) is 0.800. The molecule has 0 aromatic carbocycles. The Morgan fingerprint density at radius 2 is 2.20 bits per heavy atom. The minimum Gasteiger partial charge on any atom is -0.481 e. The number of nitrogens with zero attached hydrogens (tertiary/aromatic N) is 1. The molecule has 0 aromatic rings. The van der Waals surface area contributed by atoms with E-state index < -0.39 is 5.97 Å². The van der Waals surface area contributed by atoms with Crippen molar-refractivity contribution in [3.05, 3.63) is 0 Å². The van der Waals surface area contributed by atoms with E-state index in [1.165, 1.54) is 7.11 Å². The highest BCUT2D eigenvalue weighted by Gasteiger charge is 2.24. The second-order valence-electron chi connectivity index (χ2n) is 3.84. The van der Waals surface area contributed by atoms with Gasteiger partial charge < -0.3 is 9.84 Å². The maximum absolute atomic E-state index is 11.1. The van der Waals surface area contributed by atoms with Crippen molar-refractivity contribution in [2.24, 2.45) is 5.92 Å². The number of carboxylic acids is 1. The normalized spacial score (nSPS) is 23.1. The zero-order valence-electron chi connectivity index (χ0n) is 8.94. The van der Waals surface area contributed by atoms with Gasteiger partial charge in [-0.15, -0.1) is 0 Å². The highest BCUT2D eigenvalue weighted by Crippen LogP contribution is 2.16. The summed E-state index contributed by atoms with van der Waals surface area (Å²) in [5.74, 6) is -1.43. The highest BCUT2D eigenvalue weighted by atomic mass is 16.5. The van der Waals surface area contributed by atoms with Gasteiger partial charge in [-0.25, -0.2) is 0 Å². The first kappa shape index (κ1) is 12.0. The van der Waals surface area contributed by atoms with Crippen LogP contribution in [0, 0.1) is 5.92 Å². The van der Waals surface area contributed by atoms with Crippen LogP contribution in [0.25, 0.3) is 0 Å². The van der Waals surface area contributed by atoms with Crippen molar-refractivity contribution >= 4 is 11.9 Å². The monoisotopic (exact) mass is 215 g/mol. The molecule has 0 aromatic heterocycles. The number of rotatable bonds is 3. The number of esters is 1. The Labute approximate surface area is 89.0 Å². The van der Waals surface area contributed by atoms with Crippen LogP contribution in [-0.2, 0) is 14.3 Å². The van der Waals surface area contributed by atoms with Gasteiger partial charge >= 0.3 is 11.9 Å². The molecule has 1 rings (SSSR count). The Balaban J connectivity index is 2.49. The number of carboxylic acid groups (broad SMARTS) is 1. The van der Waals surface area contributed by atoms with Gasteiger partial charge in [0.2, 0.25) is 0 Å². The average Bonchev–Trinajstić information content (AvgIpc) is 2.43. The summed E-state index contributed by atoms with van der Waals surface area (Å²) in [6.45, 7) is 1.42. The Kier molecular flexibility index (Phi) is 4.55. The zero-order chi connectivity index (χ0) is 11.3. The lowest BCUT2D eigenvalue weighted by molar-refractivity contribution is -0.145. The molecule has 1 saturated heterocycles. The van der Waals surface area contributed by atoms with Gasteiger partial charge in [0, 0.05) is 6.54 Å². The molecule has 86 valence electrons. The summed E-state index contributed by atoms with van der Waals surface area (Å²) in [6, 6.07) is 0. The summed E-state index contributed by atoms with van der Waals surface area (Å²) < 4.78 is 4.56. The van der Waals surface area contributed by atoms with E-state index in [2.05, 4.69) is 4.74 Å². The quantitative estimate of drug-likeness (QED) is 0.688. The largest absolute Gasteiger partial charge is 0.481 e. The molecular weight excluding hydrogens is 198 g/mol. The van der Waals surface area contributed by atoms with Gasteiger partial charge in [-0.2, -0.15) is 0 Å². The Hall–Kier alpha value is -1.10. The van der Waals surface area contributed by atoms with E-state index in [4.69, 9.17) is 5.11 Å². The van der Waals surface area contributed by atoms with Crippen LogP contribution in [-0.4, -0.2) is 48.7 Å². The number of hydrogen-bond donors (Lipinski definition) is 1. The minimum atomic E-state index is -0.772. The number of aliphatic carboxylic acids is 1. The van der Waals surface area contributed by atoms with Crippen molar-refractivity contribution in [1.82, 2.24) is 4.90 Å². The Morgan fingerprint density at radius 3 is 2.80 bits per heavy atom. The van der Waals surface area contributed by atoms with Crippen molar-refractivity contribution in [1.29, 1.82) is 0 Å². The molecular formula is C10H17NO4. The minimum absolute atomic E-state index is 0.195. The van der Waals surface area contributed by atoms with Crippen LogP contribution in [0.1, 0.15) is 19.3 Å². The van der Waals surface area contributed by atoms with Crippen LogP contribution >= 0.6 is 0 Å². The van der Waals surface area contributed by atoms with E-state index in [9.17, 15) is 9.59 Å². The summed E-state index contributed by atoms with van der Waals surface area (Å²) in [7, 11) is 1.34. The predicted octanol–water partition coefficient (Wildman–Crippen LogP) is 0.346. The Morgan fingerprint density at radius 1 is 1.47 bits per heavy atom. The van der Waals surface area contributed by atoms with Crippen LogP contribution in [0.5, 0.6) is 0 Å². The smallest absolute Gasteiger partial charge is 0.319 e. The van der Waals surface area contributed by atoms with E-state index in [1.807, 2.05) is 4.90 Å². The summed E-state index contributed by atoms with van der Waals surface area (Å²) >= 11 is 0. The molecule has 1 fully saturated rings. The van der Waals surface area contributed by atoms with Crippen molar-refractivity contribution in [2.45, 2.75) is 19.3 Å². The molecule has 0 amide bonds. The molecule has 15 heavy (non-hydrogen) atoms. The molecule has 0 aliphatic carbocycles. The van der Waals surface area contributed by atoms with Gasteiger partial charge in [-0.1, -0.05) is 6.42 Å². The maximum Gasteiger partial charge on any atom is 0.319 e. The molecule has 0 bridgehead atoms. The molecule has 0 saturated carbocycles. The van der Waals surface area contributed by atoms with Crippen molar-refractivity contribution < 1.29 is 19.4 Å². The van der Waals surface area contributed by atoms with Crippen LogP contribution in [0.3, 0.4) is 0 Å². The van der Waals surface area contributed by atoms with Crippen LogP contribution in [0.15, 0.2) is 0 Å². The van der Waals surface area contributed by atoms with Crippen LogP contribution in [0.4, 0.5) is 0 Å². The molecule has 5 heteroatoms. The van der Waals surface area contributed by atoms with Gasteiger partial charge in [0.15, 0.2) is 0 Å². The second kappa shape index (κ2) is 5.70. The fourth-order valence-corrected chi connectivity index (χ4v) is 1.81. The summed E-state index contributed by atoms with van der Waals surface area (Å²) in [5, 5.41) is 8.93. The molecule has 0 radical (unpaired) electrons. The molecule has 5 nitrogen and oxygen atoms in total. The summed E-state index contributed by atoms with van der Waals surface area (Å²) in [4.78, 5) is 23.8. The van der Waals surface area contributed by atoms with Crippen LogP contribution < -0.4 is 0 Å². The fourth-order valence-electron chi connectivity index (χ4n) is 1.81. The van der Waals surface area contributed by atoms with Crippen molar-refractivity contribution in [3.63, 3.8) is 0 Å². The number of likely N-dealkylation sites (tertiary alicyclic amines) is 1. The van der Waals surface area contributed by atoms with Crippen molar-refractivity contribution in [2.75, 3.05) is 26.7 Å². The zero-order valence-corrected chi connectivity index (χ0v) is 8.94. The number of carbonyl (C=O) groups excluding carboxylic acids is 1. The van der Waals surface area contributed by atoms with E-state index in [0.29, 0.717) is 13.0 Å². The molecule has 1 unspecified atom stereocenters. The highest BCUT2D eigenvalue weighted by molar-refractivity contribution is 5.72. The van der Waals surface area contributed by atoms with E-state index in [0.717, 1.165) is 19.4 Å². The lowest BCUT2D eigenvalue weighted by Gasteiger charge is -2.20. The van der Waals surface area contributed by atoms with Gasteiger partial charge in [-0.3, -0.25) is 14.5 Å². The maximum atomic E-state index is 11.1. The number of methoxy groups -OCH3 is 1. The summed E-state index contributed by atoms with van der Waals surface area (Å²) in [6.07, 6.45) is 2.56. The molecule has 0 spiro atoms. The van der Waals surface area contributed by atoms with Crippen molar-refractivity contribution in [3.8, 4) is 0 Å². The first-order valence-electron chi connectivity index (χ1n) is 5.15. The second-order valence-corrected chi connectivity index (χ2v) is 3.84. The van der Waals surface area contributed by atoms with E-state index in [1.54, 1.807) is 0 Å². The average molecular weight is 215 g/mol. The lowest BCUT2D eigenvalue weighted by atomic mass is 10.0. The van der Waals surface area contributed by atoms with Gasteiger partial charge in [0.25, 0.3) is 0 Å². The third kappa shape index (κ3) is 3.87. The van der Waals surface area contributed by atoms with Crippen LogP contribution in [0.2, 0.25) is 0 Å². The first-order chi connectivity index (χ1) is 7.13. The first-order valence-corrected chi connectivity index (χ1v) is 5.15. The lowest BCUT2D eigenvalue weighted by Crippen LogP contribution is -2.36. The third-order valence-corrected chi connectivity index (χ3v) is 2.69. The number of carbonyl (C=O) groups is 2. The predicted molar refractivity (Wildman–Crippen MR) is 53.4 cm³/mol. The van der Waals surface area contributed by atoms with E-state index >= 15 is 0 Å². The standard InChI is InChI=1S/C10H17NO4/c1-15-9(12)7-11-5-3-2-4-8(6-11)10(13)14/h8H,2-7H2,1H3,(H,13,14). The van der Waals surface area contributed by atoms with E-state index in [-0.39, 0.29) is 18.4 Å². The third-order valence-electron chi connectivity index (χ3n) is 2.69. The topological polar surface area (TPSA) is 66.8 Å². The molecule has 1 aliphatic rings. The molecule has 1 N–H and O–H groups in total. The summed E-state index contributed by atoms with van der Waals surface area (Å²) in [5.41, 5.74) is 0. The van der Waals surface area contributed by atoms with Gasteiger partial charge in [0.05, 0.1) is 19.6 Å². The van der Waals surface area contributed by atoms with Gasteiger partial charge in [-0.05, 0) is 19.4 Å².